The summed E-state index contributed by atoms with van der Waals surface area (Å²) in [7, 11) is 0. The van der Waals surface area contributed by atoms with E-state index in [1.807, 2.05) is 126 Å². The molecule has 0 saturated heterocycles. The molecular weight excluding hydrogens is 605 g/mol. The first-order valence-electron chi connectivity index (χ1n) is 15.3. The summed E-state index contributed by atoms with van der Waals surface area (Å²) in [6.07, 6.45) is 3.44. The number of rotatable bonds is 8. The second-order valence-electron chi connectivity index (χ2n) is 11.7. The van der Waals surface area contributed by atoms with Gasteiger partial charge in [-0.05, 0) is 137 Å². The van der Waals surface area contributed by atoms with Crippen molar-refractivity contribution in [2.45, 2.75) is 51.3 Å². The van der Waals surface area contributed by atoms with Gasteiger partial charge in [0.2, 0.25) is 0 Å². The number of hydrazone groups is 2. The number of carbonyl (C=O) groups is 2. The highest BCUT2D eigenvalue weighted by atomic mass is 32.2. The molecular formula is C38H36N6O2S. The van der Waals surface area contributed by atoms with Crippen LogP contribution in [0.4, 0.5) is 22.7 Å². The number of hydrogen-bond donors (Lipinski definition) is 2. The quantitative estimate of drug-likeness (QED) is 0.189. The van der Waals surface area contributed by atoms with Crippen LogP contribution in [0.3, 0.4) is 0 Å². The van der Waals surface area contributed by atoms with Crippen LogP contribution in [0.25, 0.3) is 0 Å². The molecule has 4 aromatic carbocycles. The van der Waals surface area contributed by atoms with Crippen molar-refractivity contribution >= 4 is 57.7 Å². The van der Waals surface area contributed by atoms with E-state index in [2.05, 4.69) is 20.8 Å². The van der Waals surface area contributed by atoms with Crippen molar-refractivity contribution in [1.29, 1.82) is 0 Å². The summed E-state index contributed by atoms with van der Waals surface area (Å²) >= 11 is 1.65. The van der Waals surface area contributed by atoms with Gasteiger partial charge in [-0.25, -0.2) is 0 Å². The normalized spacial score (nSPS) is 16.3. The van der Waals surface area contributed by atoms with Gasteiger partial charge in [-0.2, -0.15) is 20.2 Å². The van der Waals surface area contributed by atoms with E-state index in [0.29, 0.717) is 22.6 Å². The van der Waals surface area contributed by atoms with Crippen LogP contribution in [0.5, 0.6) is 0 Å². The third-order valence-electron chi connectivity index (χ3n) is 8.31. The summed E-state index contributed by atoms with van der Waals surface area (Å²) in [4.78, 5) is 28.4. The average molecular weight is 641 g/mol. The van der Waals surface area contributed by atoms with E-state index < -0.39 is 0 Å². The van der Waals surface area contributed by atoms with Crippen molar-refractivity contribution in [2.24, 2.45) is 10.2 Å². The molecule has 236 valence electrons. The monoisotopic (exact) mass is 640 g/mol. The molecule has 4 aromatic rings. The molecule has 2 amide bonds. The van der Waals surface area contributed by atoms with Gasteiger partial charge in [-0.15, -0.1) is 0 Å². The summed E-state index contributed by atoms with van der Waals surface area (Å²) in [5.74, 6) is -0.311. The Morgan fingerprint density at radius 1 is 0.532 bits per heavy atom. The predicted octanol–water partition coefficient (Wildman–Crippen LogP) is 8.51. The smallest absolute Gasteiger partial charge is 0.282 e. The molecule has 2 aliphatic rings. The first-order valence-corrected chi connectivity index (χ1v) is 16.1. The minimum absolute atomic E-state index is 0.156. The second kappa shape index (κ2) is 13.1. The maximum absolute atomic E-state index is 13.1. The molecule has 0 unspecified atom stereocenters. The summed E-state index contributed by atoms with van der Waals surface area (Å²) in [6.45, 7) is 11.8. The zero-order valence-corrected chi connectivity index (χ0v) is 28.1. The maximum Gasteiger partial charge on any atom is 0.282 e. The molecule has 0 atom stereocenters. The number of carbonyl (C=O) groups excluding carboxylic acids is 2. The predicted molar refractivity (Wildman–Crippen MR) is 193 cm³/mol. The van der Waals surface area contributed by atoms with Crippen molar-refractivity contribution in [3.05, 3.63) is 131 Å². The minimum Gasteiger partial charge on any atom is -0.361 e. The van der Waals surface area contributed by atoms with Crippen LogP contribution in [0.15, 0.2) is 128 Å². The number of nitrogens with zero attached hydrogens (tertiary/aromatic N) is 4. The zero-order valence-electron chi connectivity index (χ0n) is 27.3. The lowest BCUT2D eigenvalue weighted by Gasteiger charge is -2.13. The van der Waals surface area contributed by atoms with E-state index in [9.17, 15) is 9.59 Å². The molecule has 0 saturated carbocycles. The van der Waals surface area contributed by atoms with Gasteiger partial charge in [0.15, 0.2) is 0 Å². The first-order chi connectivity index (χ1) is 22.6. The van der Waals surface area contributed by atoms with Gasteiger partial charge < -0.3 is 10.6 Å². The fourth-order valence-corrected chi connectivity index (χ4v) is 5.94. The fraction of sp³-hybridized carbons (Fsp3) is 0.158. The van der Waals surface area contributed by atoms with E-state index >= 15 is 0 Å². The summed E-state index contributed by atoms with van der Waals surface area (Å²) < 4.78 is 0. The Kier molecular flexibility index (Phi) is 8.82. The Hall–Kier alpha value is -5.41. The molecule has 2 aliphatic heterocycles. The molecule has 2 N–H and O–H groups in total. The lowest BCUT2D eigenvalue weighted by molar-refractivity contribution is -0.115. The number of hydrogen-bond acceptors (Lipinski definition) is 7. The van der Waals surface area contributed by atoms with E-state index in [0.717, 1.165) is 43.7 Å². The molecule has 9 heteroatoms. The summed E-state index contributed by atoms with van der Waals surface area (Å²) in [5, 5.41) is 18.4. The van der Waals surface area contributed by atoms with Crippen LogP contribution in [-0.4, -0.2) is 23.2 Å². The van der Waals surface area contributed by atoms with Crippen LogP contribution in [0, 0.1) is 27.7 Å². The molecule has 0 bridgehead atoms. The summed E-state index contributed by atoms with van der Waals surface area (Å²) in [6, 6.07) is 27.9. The SMILES string of the molecule is CC1=NN(c2ccc(C)c(C)c2)C(=O)C1=CNc1ccc(Sc2ccc(NC=C3C(=O)N(c4ccc(C)c(C)c4)N=C3C)cc2)cc1. The van der Waals surface area contributed by atoms with Crippen LogP contribution >= 0.6 is 11.8 Å². The Balaban J connectivity index is 1.04. The number of amides is 2. The van der Waals surface area contributed by atoms with Gasteiger partial charge in [-0.1, -0.05) is 23.9 Å². The molecule has 47 heavy (non-hydrogen) atoms. The molecule has 0 aliphatic carbocycles. The third kappa shape index (κ3) is 6.76. The van der Waals surface area contributed by atoms with Crippen LogP contribution in [-0.2, 0) is 9.59 Å². The lowest BCUT2D eigenvalue weighted by Crippen LogP contribution is -2.22. The van der Waals surface area contributed by atoms with Crippen LogP contribution in [0.1, 0.15) is 36.1 Å². The first kappa shape index (κ1) is 31.6. The van der Waals surface area contributed by atoms with Gasteiger partial charge in [0.1, 0.15) is 0 Å². The molecule has 0 radical (unpaired) electrons. The van der Waals surface area contributed by atoms with Crippen molar-refractivity contribution in [2.75, 3.05) is 20.7 Å². The number of nitrogens with one attached hydrogen (secondary N) is 2. The van der Waals surface area contributed by atoms with Crippen molar-refractivity contribution in [3.63, 3.8) is 0 Å². The average Bonchev–Trinajstić information content (AvgIpc) is 3.51. The Labute approximate surface area is 279 Å². The minimum atomic E-state index is -0.156. The highest BCUT2D eigenvalue weighted by Gasteiger charge is 2.30. The Morgan fingerprint density at radius 2 is 0.915 bits per heavy atom. The molecule has 6 rings (SSSR count). The van der Waals surface area contributed by atoms with E-state index in [-0.39, 0.29) is 11.8 Å². The standard InChI is InChI=1S/C38H36N6O2S/c1-23-7-13-31(19-25(23)3)43-37(45)35(27(5)41-43)21-39-29-9-15-33(16-10-29)47-34-17-11-30(12-18-34)40-22-36-28(6)42-44(38(36)46)32-14-8-24(2)26(4)20-32/h7-22,39-40H,1-6H3. The Bertz CT molecular complexity index is 1860. The number of benzene rings is 4. The van der Waals surface area contributed by atoms with E-state index in [4.69, 9.17) is 0 Å². The largest absolute Gasteiger partial charge is 0.361 e. The summed E-state index contributed by atoms with van der Waals surface area (Å²) in [5.41, 5.74) is 10.2. The lowest BCUT2D eigenvalue weighted by atomic mass is 10.1. The highest BCUT2D eigenvalue weighted by molar-refractivity contribution is 7.99. The van der Waals surface area contributed by atoms with Gasteiger partial charge in [0, 0.05) is 33.6 Å². The fourth-order valence-electron chi connectivity index (χ4n) is 5.12. The van der Waals surface area contributed by atoms with Crippen LogP contribution in [0.2, 0.25) is 0 Å². The van der Waals surface area contributed by atoms with Crippen molar-refractivity contribution < 1.29 is 9.59 Å². The molecule has 0 spiro atoms. The van der Waals surface area contributed by atoms with Crippen LogP contribution < -0.4 is 20.7 Å². The Morgan fingerprint density at radius 3 is 1.28 bits per heavy atom. The van der Waals surface area contributed by atoms with E-state index in [1.165, 1.54) is 21.1 Å². The number of anilines is 4. The molecule has 0 fully saturated rings. The van der Waals surface area contributed by atoms with Gasteiger partial charge in [0.05, 0.1) is 33.9 Å². The van der Waals surface area contributed by atoms with E-state index in [1.54, 1.807) is 24.2 Å². The van der Waals surface area contributed by atoms with Crippen molar-refractivity contribution in [1.82, 2.24) is 0 Å². The second-order valence-corrected chi connectivity index (χ2v) is 12.8. The highest BCUT2D eigenvalue weighted by Crippen LogP contribution is 2.31. The maximum atomic E-state index is 13.1. The number of aryl methyl sites for hydroxylation is 4. The molecule has 8 nitrogen and oxygen atoms in total. The molecule has 2 heterocycles. The zero-order chi connectivity index (χ0) is 33.2. The topological polar surface area (TPSA) is 89.4 Å². The van der Waals surface area contributed by atoms with Gasteiger partial charge in [0.25, 0.3) is 11.8 Å². The van der Waals surface area contributed by atoms with Crippen molar-refractivity contribution in [3.8, 4) is 0 Å². The van der Waals surface area contributed by atoms with Gasteiger partial charge >= 0.3 is 0 Å². The molecule has 0 aromatic heterocycles. The van der Waals surface area contributed by atoms with Gasteiger partial charge in [-0.3, -0.25) is 9.59 Å². The third-order valence-corrected chi connectivity index (χ3v) is 9.32.